The highest BCUT2D eigenvalue weighted by Crippen LogP contribution is 2.31. The first kappa shape index (κ1) is 80.3. The summed E-state index contributed by atoms with van der Waals surface area (Å²) in [5.41, 5.74) is 14.8. The van der Waals surface area contributed by atoms with Crippen molar-refractivity contribution in [3.8, 4) is 33.8 Å². The van der Waals surface area contributed by atoms with Gasteiger partial charge in [-0.25, -0.2) is 38.7 Å². The second-order valence-electron chi connectivity index (χ2n) is 27.5. The van der Waals surface area contributed by atoms with Crippen LogP contribution in [-0.2, 0) is 14.4 Å². The lowest BCUT2D eigenvalue weighted by molar-refractivity contribution is -0.115. The molecular formula is C88H82Cl2F2N18O6. The minimum Gasteiger partial charge on any atom is -0.368 e. The number of nitrogens with one attached hydrogen (secondary N) is 6. The van der Waals surface area contributed by atoms with Crippen LogP contribution in [-0.4, -0.2) is 159 Å². The summed E-state index contributed by atoms with van der Waals surface area (Å²) in [5.74, 6) is 0.00963. The average molecular weight is 1600 g/mol. The number of anilines is 12. The highest BCUT2D eigenvalue weighted by Gasteiger charge is 2.27. The van der Waals surface area contributed by atoms with Gasteiger partial charge in [0.2, 0.25) is 35.6 Å². The first-order valence-corrected chi connectivity index (χ1v) is 38.3. The van der Waals surface area contributed by atoms with E-state index in [0.717, 1.165) is 98.0 Å². The normalized spacial score (nSPS) is 13.2. The quantitative estimate of drug-likeness (QED) is 0.0466. The summed E-state index contributed by atoms with van der Waals surface area (Å²) >= 11 is 12.1. The molecule has 588 valence electrons. The summed E-state index contributed by atoms with van der Waals surface area (Å²) in [5, 5.41) is 18.8. The third kappa shape index (κ3) is 21.5. The molecule has 116 heavy (non-hydrogen) atoms. The summed E-state index contributed by atoms with van der Waals surface area (Å²) in [6, 6.07) is 67.4. The van der Waals surface area contributed by atoms with E-state index in [0.29, 0.717) is 116 Å². The zero-order valence-electron chi connectivity index (χ0n) is 63.9. The van der Waals surface area contributed by atoms with Gasteiger partial charge in [-0.2, -0.15) is 0 Å². The highest BCUT2D eigenvalue weighted by molar-refractivity contribution is 6.42. The minimum absolute atomic E-state index is 0.0429. The van der Waals surface area contributed by atoms with Gasteiger partial charge in [-0.15, -0.1) is 0 Å². The van der Waals surface area contributed by atoms with Gasteiger partial charge in [0, 0.05) is 202 Å². The van der Waals surface area contributed by atoms with Crippen LogP contribution in [0, 0.1) is 18.6 Å². The first-order valence-electron chi connectivity index (χ1n) is 37.5. The number of hydrogen-bond acceptors (Lipinski definition) is 18. The lowest BCUT2D eigenvalue weighted by atomic mass is 10.1. The molecule has 3 aliphatic heterocycles. The number of carbonyl (C=O) groups excluding carboxylic acids is 6. The third-order valence-corrected chi connectivity index (χ3v) is 20.0. The summed E-state index contributed by atoms with van der Waals surface area (Å²) < 4.78 is 27.4. The predicted octanol–water partition coefficient (Wildman–Crippen LogP) is 16.3. The molecule has 3 aromatic heterocycles. The third-order valence-electron chi connectivity index (χ3n) is 19.3. The van der Waals surface area contributed by atoms with Gasteiger partial charge >= 0.3 is 0 Å². The van der Waals surface area contributed by atoms with Gasteiger partial charge in [0.15, 0.2) is 0 Å². The molecule has 0 saturated carbocycles. The van der Waals surface area contributed by atoms with Gasteiger partial charge in [0.1, 0.15) is 11.6 Å². The van der Waals surface area contributed by atoms with Crippen LogP contribution in [0.2, 0.25) is 10.0 Å². The fraction of sp³-hybridized carbons (Fsp3) is 0.182. The molecule has 3 aliphatic rings. The number of benzene rings is 9. The number of nitrogens with zero attached hydrogens (tertiary/aromatic N) is 12. The van der Waals surface area contributed by atoms with Crippen LogP contribution < -0.4 is 46.6 Å². The van der Waals surface area contributed by atoms with E-state index < -0.39 is 5.82 Å². The molecule has 12 aromatic rings. The van der Waals surface area contributed by atoms with E-state index in [1.165, 1.54) is 39.0 Å². The average Bonchev–Trinajstić information content (AvgIpc) is 0.830. The maximum absolute atomic E-state index is 13.9. The Morgan fingerprint density at radius 2 is 0.647 bits per heavy atom. The Bertz CT molecular complexity index is 5250. The molecule has 15 rings (SSSR count). The van der Waals surface area contributed by atoms with Crippen molar-refractivity contribution >= 4 is 128 Å². The van der Waals surface area contributed by atoms with E-state index in [-0.39, 0.29) is 41.3 Å². The van der Waals surface area contributed by atoms with Crippen molar-refractivity contribution in [2.24, 2.45) is 0 Å². The standard InChI is InChI=1S/C30H29FN6O2.C29H26Cl2N6O2.C29H27FN6O2/c1-20-3-4-23(19-27(20)31)29(39)37-17-15-36(16-18-37)26-11-9-25(10-12-26)34-30-32-14-13-28(35-30)22-5-7-24(8-6-22)33-21(2)38;1-19(38)33-22-5-2-20(3-6-22)27-12-13-32-29(35-27)34-23-7-9-24(10-8-23)36-14-16-37(17-15-36)28(39)21-4-11-25(30)26(31)18-21;1-20(37)32-24-7-5-21(6-8-24)27-13-14-31-29(34-27)33-25-9-11-26(12-10-25)35-15-17-36(18-16-35)28(38)22-3-2-4-23(30)19-22/h3-14,19H,15-18H2,1-2H3,(H,33,38)(H,32,34,35);2-13,18H,14-17H2,1H3,(H,33,38)(H,32,34,35);2-14,19H,15-18H2,1H3,(H,32,37)(H,31,33,34). The maximum Gasteiger partial charge on any atom is 0.254 e. The van der Waals surface area contributed by atoms with Crippen molar-refractivity contribution in [1.29, 1.82) is 0 Å². The molecule has 0 atom stereocenters. The molecule has 0 aliphatic carbocycles. The number of hydrogen-bond donors (Lipinski definition) is 6. The van der Waals surface area contributed by atoms with Crippen LogP contribution in [0.1, 0.15) is 57.4 Å². The minimum atomic E-state index is -0.405. The van der Waals surface area contributed by atoms with E-state index in [1.54, 1.807) is 77.8 Å². The van der Waals surface area contributed by atoms with Crippen LogP contribution in [0.4, 0.5) is 77.8 Å². The SMILES string of the molecule is CC(=O)Nc1ccc(-c2ccnc(Nc3ccc(N4CCN(C(=O)c5ccc(C)c(F)c5)CC4)cc3)n2)cc1.CC(=O)Nc1ccc(-c2ccnc(Nc3ccc(N4CCN(C(=O)c5ccc(Cl)c(Cl)c5)CC4)cc3)n2)cc1.CC(=O)Nc1ccc(-c2ccnc(Nc3ccc(N4CCN(C(=O)c5cccc(F)c5)CC4)cc3)n2)cc1. The van der Waals surface area contributed by atoms with Gasteiger partial charge in [-0.1, -0.05) is 71.7 Å². The highest BCUT2D eigenvalue weighted by atomic mass is 35.5. The number of aromatic nitrogens is 6. The fourth-order valence-corrected chi connectivity index (χ4v) is 13.5. The maximum atomic E-state index is 13.9. The Hall–Kier alpha value is -13.7. The molecule has 0 unspecified atom stereocenters. The van der Waals surface area contributed by atoms with Gasteiger partial charge in [0.05, 0.1) is 27.1 Å². The molecule has 6 amide bonds. The fourth-order valence-electron chi connectivity index (χ4n) is 13.2. The topological polar surface area (TPSA) is 271 Å². The molecule has 6 heterocycles. The Balaban J connectivity index is 0.000000151. The molecular weight excluding hydrogens is 1510 g/mol. The molecule has 24 nitrogen and oxygen atoms in total. The van der Waals surface area contributed by atoms with Crippen molar-refractivity contribution in [2.75, 3.05) is 125 Å². The van der Waals surface area contributed by atoms with Crippen LogP contribution in [0.3, 0.4) is 0 Å². The molecule has 0 spiro atoms. The molecule has 28 heteroatoms. The lowest BCUT2D eigenvalue weighted by Crippen LogP contribution is -2.48. The van der Waals surface area contributed by atoms with Crippen molar-refractivity contribution in [3.63, 3.8) is 0 Å². The Morgan fingerprint density at radius 3 is 0.957 bits per heavy atom. The number of rotatable bonds is 18. The number of carbonyl (C=O) groups is 6. The van der Waals surface area contributed by atoms with E-state index in [2.05, 4.69) is 76.5 Å². The zero-order chi connectivity index (χ0) is 81.2. The number of amides is 6. The second kappa shape index (κ2) is 37.7. The van der Waals surface area contributed by atoms with Crippen LogP contribution in [0.25, 0.3) is 33.8 Å². The molecule has 9 aromatic carbocycles. The molecule has 0 bridgehead atoms. The second-order valence-corrected chi connectivity index (χ2v) is 28.3. The largest absolute Gasteiger partial charge is 0.368 e. The van der Waals surface area contributed by atoms with Gasteiger partial charge in [-0.05, 0) is 188 Å². The van der Waals surface area contributed by atoms with Crippen LogP contribution >= 0.6 is 23.2 Å². The van der Waals surface area contributed by atoms with Crippen molar-refractivity contribution in [3.05, 3.63) is 287 Å². The van der Waals surface area contributed by atoms with E-state index in [1.807, 2.05) is 169 Å². The van der Waals surface area contributed by atoms with E-state index in [4.69, 9.17) is 23.2 Å². The van der Waals surface area contributed by atoms with Gasteiger partial charge in [0.25, 0.3) is 17.7 Å². The van der Waals surface area contributed by atoms with Crippen molar-refractivity contribution in [2.45, 2.75) is 27.7 Å². The van der Waals surface area contributed by atoms with Crippen LogP contribution in [0.5, 0.6) is 0 Å². The summed E-state index contributed by atoms with van der Waals surface area (Å²) in [4.78, 5) is 111. The summed E-state index contributed by atoms with van der Waals surface area (Å²) in [6.45, 7) is 13.9. The number of piperazine rings is 3. The Morgan fingerprint density at radius 1 is 0.336 bits per heavy atom. The van der Waals surface area contributed by atoms with Gasteiger partial charge < -0.3 is 61.3 Å². The smallest absolute Gasteiger partial charge is 0.254 e. The number of halogens is 4. The molecule has 3 saturated heterocycles. The molecule has 6 N–H and O–H groups in total. The summed E-state index contributed by atoms with van der Waals surface area (Å²) in [7, 11) is 0. The zero-order valence-corrected chi connectivity index (χ0v) is 65.4. The lowest BCUT2D eigenvalue weighted by Gasteiger charge is -2.36. The van der Waals surface area contributed by atoms with Crippen molar-refractivity contribution in [1.82, 2.24) is 44.6 Å². The molecule has 3 fully saturated rings. The Labute approximate surface area is 679 Å². The monoisotopic (exact) mass is 1590 g/mol. The number of aryl methyl sites for hydroxylation is 1. The van der Waals surface area contributed by atoms with Crippen LogP contribution in [0.15, 0.2) is 243 Å². The first-order chi connectivity index (χ1) is 56.1. The molecule has 0 radical (unpaired) electrons. The summed E-state index contributed by atoms with van der Waals surface area (Å²) in [6.07, 6.45) is 5.11. The van der Waals surface area contributed by atoms with Gasteiger partial charge in [-0.3, -0.25) is 28.8 Å². The van der Waals surface area contributed by atoms with E-state index >= 15 is 0 Å². The predicted molar refractivity (Wildman–Crippen MR) is 453 cm³/mol. The van der Waals surface area contributed by atoms with E-state index in [9.17, 15) is 37.5 Å². The Kier molecular flexibility index (Phi) is 26.1. The van der Waals surface area contributed by atoms with Crippen molar-refractivity contribution < 1.29 is 37.5 Å².